The molecule has 4 rings (SSSR count). The Morgan fingerprint density at radius 1 is 1.15 bits per heavy atom. The molecule has 1 saturated heterocycles. The van der Waals surface area contributed by atoms with Gasteiger partial charge in [0.25, 0.3) is 5.91 Å². The van der Waals surface area contributed by atoms with Crippen molar-refractivity contribution in [1.82, 2.24) is 9.88 Å². The number of anilines is 1. The van der Waals surface area contributed by atoms with Gasteiger partial charge in [-0.3, -0.25) is 14.6 Å². The molecule has 0 radical (unpaired) electrons. The highest BCUT2D eigenvalue weighted by Gasteiger charge is 2.27. The van der Waals surface area contributed by atoms with Gasteiger partial charge in [-0.25, -0.2) is 9.78 Å². The topological polar surface area (TPSA) is 81.2 Å². The monoisotopic (exact) mass is 503 g/mol. The third kappa shape index (κ3) is 5.17. The van der Waals surface area contributed by atoms with E-state index in [2.05, 4.69) is 4.90 Å². The predicted octanol–water partition coefficient (Wildman–Crippen LogP) is 4.11. The Labute approximate surface area is 207 Å². The second kappa shape index (κ2) is 11.1. The predicted molar refractivity (Wildman–Crippen MR) is 133 cm³/mol. The fourth-order valence-electron chi connectivity index (χ4n) is 3.89. The summed E-state index contributed by atoms with van der Waals surface area (Å²) < 4.78 is 16.5. The van der Waals surface area contributed by atoms with Gasteiger partial charge in [-0.05, 0) is 30.7 Å². The van der Waals surface area contributed by atoms with E-state index in [-0.39, 0.29) is 17.0 Å². The largest absolute Gasteiger partial charge is 0.494 e. The lowest BCUT2D eigenvalue weighted by Crippen LogP contribution is -2.39. The van der Waals surface area contributed by atoms with Crippen molar-refractivity contribution in [3.63, 3.8) is 0 Å². The molecule has 1 amide bonds. The summed E-state index contributed by atoms with van der Waals surface area (Å²) in [6.45, 7) is 4.41. The Kier molecular flexibility index (Phi) is 7.99. The summed E-state index contributed by atoms with van der Waals surface area (Å²) in [6, 6.07) is 10.2. The third-order valence-electron chi connectivity index (χ3n) is 5.67. The molecule has 0 unspecified atom stereocenters. The fourth-order valence-corrected chi connectivity index (χ4v) is 5.17. The van der Waals surface area contributed by atoms with Crippen molar-refractivity contribution in [1.29, 1.82) is 0 Å². The quantitative estimate of drug-likeness (QED) is 0.428. The summed E-state index contributed by atoms with van der Waals surface area (Å²) in [7, 11) is 2.87. The highest BCUT2D eigenvalue weighted by Crippen LogP contribution is 2.39. The smallest absolute Gasteiger partial charge is 0.338 e. The molecule has 1 aliphatic rings. The van der Waals surface area contributed by atoms with Gasteiger partial charge in [0.1, 0.15) is 11.3 Å². The van der Waals surface area contributed by atoms with Crippen LogP contribution >= 0.6 is 22.9 Å². The minimum atomic E-state index is -0.564. The van der Waals surface area contributed by atoms with Crippen molar-refractivity contribution in [2.45, 2.75) is 6.42 Å². The Morgan fingerprint density at radius 2 is 1.88 bits per heavy atom. The number of hydrogen-bond donors (Lipinski definition) is 0. The first-order valence-corrected chi connectivity index (χ1v) is 12.1. The fraction of sp³-hybridized carbons (Fsp3) is 0.375. The number of methoxy groups -OCH3 is 2. The number of fused-ring (bicyclic) bond motifs is 1. The molecule has 0 atom stereocenters. The van der Waals surface area contributed by atoms with Crippen LogP contribution in [0, 0.1) is 0 Å². The van der Waals surface area contributed by atoms with Crippen molar-refractivity contribution < 1.29 is 23.8 Å². The van der Waals surface area contributed by atoms with Crippen LogP contribution in [0.4, 0.5) is 5.13 Å². The van der Waals surface area contributed by atoms with Crippen molar-refractivity contribution in [3.05, 3.63) is 52.5 Å². The number of amides is 1. The van der Waals surface area contributed by atoms with Gasteiger partial charge in [0.2, 0.25) is 0 Å². The zero-order valence-electron chi connectivity index (χ0n) is 19.1. The summed E-state index contributed by atoms with van der Waals surface area (Å²) in [5, 5.41) is 1.03. The van der Waals surface area contributed by atoms with Gasteiger partial charge in [-0.1, -0.05) is 35.1 Å². The maximum Gasteiger partial charge on any atom is 0.338 e. The van der Waals surface area contributed by atoms with Gasteiger partial charge in [-0.2, -0.15) is 0 Å². The molecule has 0 N–H and O–H groups in total. The van der Waals surface area contributed by atoms with E-state index in [1.54, 1.807) is 48.4 Å². The maximum atomic E-state index is 13.8. The van der Waals surface area contributed by atoms with Crippen molar-refractivity contribution in [2.75, 3.05) is 58.5 Å². The number of halogens is 1. The van der Waals surface area contributed by atoms with Crippen molar-refractivity contribution in [3.8, 4) is 5.75 Å². The molecular weight excluding hydrogens is 478 g/mol. The van der Waals surface area contributed by atoms with E-state index in [4.69, 9.17) is 30.8 Å². The number of hydrogen-bond acceptors (Lipinski definition) is 8. The van der Waals surface area contributed by atoms with Crippen molar-refractivity contribution >= 4 is 50.2 Å². The highest BCUT2D eigenvalue weighted by atomic mass is 35.5. The number of ether oxygens (including phenoxy) is 3. The molecule has 2 aromatic carbocycles. The van der Waals surface area contributed by atoms with Gasteiger partial charge in [0.05, 0.1) is 48.3 Å². The molecule has 10 heteroatoms. The molecule has 0 spiro atoms. The van der Waals surface area contributed by atoms with Gasteiger partial charge in [-0.15, -0.1) is 0 Å². The molecule has 0 bridgehead atoms. The molecule has 34 heavy (non-hydrogen) atoms. The average Bonchev–Trinajstić information content (AvgIpc) is 3.33. The number of rotatable bonds is 8. The van der Waals surface area contributed by atoms with Crippen LogP contribution in [0.15, 0.2) is 36.4 Å². The lowest BCUT2D eigenvalue weighted by atomic mass is 10.1. The van der Waals surface area contributed by atoms with Crippen LogP contribution in [-0.2, 0) is 9.47 Å². The Hall–Kier alpha value is -2.72. The molecule has 0 aliphatic carbocycles. The van der Waals surface area contributed by atoms with Crippen LogP contribution < -0.4 is 9.64 Å². The molecular formula is C24H26ClN3O5S. The normalized spacial score (nSPS) is 14.2. The number of morpholine rings is 1. The number of carbonyl (C=O) groups is 2. The molecule has 3 aromatic rings. The minimum absolute atomic E-state index is 0.213. The molecule has 8 nitrogen and oxygen atoms in total. The van der Waals surface area contributed by atoms with Crippen LogP contribution in [0.3, 0.4) is 0 Å². The van der Waals surface area contributed by atoms with Crippen LogP contribution in [0.5, 0.6) is 5.75 Å². The zero-order valence-corrected chi connectivity index (χ0v) is 20.7. The summed E-state index contributed by atoms with van der Waals surface area (Å²) in [5.74, 6) is -0.305. The van der Waals surface area contributed by atoms with E-state index < -0.39 is 5.97 Å². The minimum Gasteiger partial charge on any atom is -0.494 e. The van der Waals surface area contributed by atoms with Crippen LogP contribution in [0.2, 0.25) is 5.02 Å². The van der Waals surface area contributed by atoms with E-state index in [0.29, 0.717) is 41.2 Å². The molecule has 1 aromatic heterocycles. The van der Waals surface area contributed by atoms with E-state index in [0.717, 1.165) is 30.8 Å². The van der Waals surface area contributed by atoms with Gasteiger partial charge < -0.3 is 14.2 Å². The molecule has 2 heterocycles. The number of thiazole rings is 1. The Morgan fingerprint density at radius 3 is 2.59 bits per heavy atom. The van der Waals surface area contributed by atoms with Crippen molar-refractivity contribution in [2.24, 2.45) is 0 Å². The number of carbonyl (C=O) groups excluding carboxylic acids is 2. The Bertz CT molecular complexity index is 1180. The number of nitrogens with zero attached hydrogens (tertiary/aromatic N) is 3. The summed E-state index contributed by atoms with van der Waals surface area (Å²) in [5.41, 5.74) is 1.07. The van der Waals surface area contributed by atoms with E-state index >= 15 is 0 Å². The van der Waals surface area contributed by atoms with Crippen LogP contribution in [-0.4, -0.2) is 75.4 Å². The summed E-state index contributed by atoms with van der Waals surface area (Å²) in [4.78, 5) is 34.7. The summed E-state index contributed by atoms with van der Waals surface area (Å²) in [6.07, 6.45) is 0.729. The third-order valence-corrected chi connectivity index (χ3v) is 7.20. The molecule has 1 fully saturated rings. The van der Waals surface area contributed by atoms with Crippen LogP contribution in [0.1, 0.15) is 27.1 Å². The van der Waals surface area contributed by atoms with Gasteiger partial charge in [0, 0.05) is 26.2 Å². The maximum absolute atomic E-state index is 13.8. The number of esters is 1. The molecule has 1 aliphatic heterocycles. The Balaban J connectivity index is 1.69. The van der Waals surface area contributed by atoms with E-state index in [1.807, 2.05) is 0 Å². The first-order valence-electron chi connectivity index (χ1n) is 11.0. The molecule has 180 valence electrons. The van der Waals surface area contributed by atoms with E-state index in [9.17, 15) is 9.59 Å². The number of aromatic nitrogens is 1. The SMILES string of the molecule is COC(=O)c1ccccc1C(=O)N(CCCN1CCOCC1)c1nc2c(OC)ccc(Cl)c2s1. The number of benzene rings is 2. The second-order valence-electron chi connectivity index (χ2n) is 7.73. The second-order valence-corrected chi connectivity index (χ2v) is 9.11. The summed E-state index contributed by atoms with van der Waals surface area (Å²) >= 11 is 7.75. The molecule has 0 saturated carbocycles. The lowest BCUT2D eigenvalue weighted by molar-refractivity contribution is 0.0376. The van der Waals surface area contributed by atoms with Gasteiger partial charge in [0.15, 0.2) is 5.13 Å². The van der Waals surface area contributed by atoms with Crippen LogP contribution in [0.25, 0.3) is 10.2 Å². The lowest BCUT2D eigenvalue weighted by Gasteiger charge is -2.28. The average molecular weight is 504 g/mol. The first kappa shape index (κ1) is 24.4. The highest BCUT2D eigenvalue weighted by molar-refractivity contribution is 7.23. The van der Waals surface area contributed by atoms with Gasteiger partial charge >= 0.3 is 5.97 Å². The zero-order chi connectivity index (χ0) is 24.1. The first-order chi connectivity index (χ1) is 16.5. The van der Waals surface area contributed by atoms with E-state index in [1.165, 1.54) is 18.4 Å². The standard InChI is InChI=1S/C24H26ClN3O5S/c1-31-19-9-8-18(25)21-20(19)26-24(34-21)28(11-5-10-27-12-14-33-15-13-27)22(29)16-6-3-4-7-17(16)23(30)32-2/h3-4,6-9H,5,10-15H2,1-2H3.